The van der Waals surface area contributed by atoms with Crippen molar-refractivity contribution in [2.75, 3.05) is 44.5 Å². The van der Waals surface area contributed by atoms with Crippen LogP contribution in [0.5, 0.6) is 5.75 Å². The monoisotopic (exact) mass is 560 g/mol. The van der Waals surface area contributed by atoms with Gasteiger partial charge in [0.1, 0.15) is 5.75 Å². The molecule has 2 rings (SSSR count). The molecule has 2 amide bonds. The minimum Gasteiger partial charge on any atom is -0.494 e. The Morgan fingerprint density at radius 2 is 1.70 bits per heavy atom. The second kappa shape index (κ2) is 18.5. The predicted molar refractivity (Wildman–Crippen MR) is 159 cm³/mol. The van der Waals surface area contributed by atoms with Crippen LogP contribution in [0.3, 0.4) is 0 Å². The lowest BCUT2D eigenvalue weighted by Crippen LogP contribution is -2.52. The first-order chi connectivity index (χ1) is 19.3. The van der Waals surface area contributed by atoms with Gasteiger partial charge in [-0.1, -0.05) is 60.3 Å². The van der Waals surface area contributed by atoms with Gasteiger partial charge in [0.25, 0.3) is 0 Å². The molecular formula is C31H52N4O5. The van der Waals surface area contributed by atoms with Crippen LogP contribution in [0.25, 0.3) is 0 Å². The number of carbonyl (C=O) groups excluding carboxylic acids is 3. The van der Waals surface area contributed by atoms with Crippen molar-refractivity contribution in [3.8, 4) is 5.75 Å². The number of esters is 1. The zero-order chi connectivity index (χ0) is 29.3. The van der Waals surface area contributed by atoms with E-state index in [4.69, 9.17) is 9.47 Å². The highest BCUT2D eigenvalue weighted by molar-refractivity contribution is 5.78. The lowest BCUT2D eigenvalue weighted by Gasteiger charge is -2.37. The third-order valence-corrected chi connectivity index (χ3v) is 6.81. The Morgan fingerprint density at radius 3 is 2.33 bits per heavy atom. The first kappa shape index (κ1) is 33.4. The van der Waals surface area contributed by atoms with E-state index in [0.29, 0.717) is 51.4 Å². The van der Waals surface area contributed by atoms with Crippen LogP contribution in [0.4, 0.5) is 5.69 Å². The van der Waals surface area contributed by atoms with Crippen LogP contribution in [-0.4, -0.2) is 67.1 Å². The van der Waals surface area contributed by atoms with Crippen molar-refractivity contribution < 1.29 is 23.9 Å². The van der Waals surface area contributed by atoms with E-state index in [9.17, 15) is 14.4 Å². The summed E-state index contributed by atoms with van der Waals surface area (Å²) >= 11 is 0. The van der Waals surface area contributed by atoms with Crippen molar-refractivity contribution in [3.63, 3.8) is 0 Å². The summed E-state index contributed by atoms with van der Waals surface area (Å²) in [4.78, 5) is 41.4. The van der Waals surface area contributed by atoms with Crippen molar-refractivity contribution in [2.45, 2.75) is 99.0 Å². The number of hydrogen-bond acceptors (Lipinski definition) is 7. The van der Waals surface area contributed by atoms with Gasteiger partial charge in [0, 0.05) is 32.5 Å². The lowest BCUT2D eigenvalue weighted by atomic mass is 10.1. The Labute approximate surface area is 241 Å². The molecule has 0 unspecified atom stereocenters. The predicted octanol–water partition coefficient (Wildman–Crippen LogP) is 5.27. The van der Waals surface area contributed by atoms with Gasteiger partial charge in [0.05, 0.1) is 32.1 Å². The minimum absolute atomic E-state index is 0.0985. The van der Waals surface area contributed by atoms with Gasteiger partial charge in [0.15, 0.2) is 0 Å². The topological polar surface area (TPSA) is 91.4 Å². The average molecular weight is 561 g/mol. The summed E-state index contributed by atoms with van der Waals surface area (Å²) in [5.74, 6) is 0.808. The van der Waals surface area contributed by atoms with Gasteiger partial charge in [-0.25, -0.2) is 0 Å². The fourth-order valence-electron chi connectivity index (χ4n) is 4.57. The van der Waals surface area contributed by atoms with Gasteiger partial charge in [-0.2, -0.15) is 0 Å². The molecule has 1 N–H and O–H groups in total. The molecule has 0 saturated heterocycles. The number of hydrogen-bond donors (Lipinski definition) is 1. The highest BCUT2D eigenvalue weighted by Gasteiger charge is 2.26. The third kappa shape index (κ3) is 12.1. The molecule has 226 valence electrons. The highest BCUT2D eigenvalue weighted by atomic mass is 16.5. The molecule has 0 aliphatic carbocycles. The first-order valence-electron chi connectivity index (χ1n) is 15.3. The van der Waals surface area contributed by atoms with Gasteiger partial charge in [-0.3, -0.25) is 29.7 Å². The van der Waals surface area contributed by atoms with E-state index in [2.05, 4.69) is 19.3 Å². The van der Waals surface area contributed by atoms with Crippen LogP contribution in [0.15, 0.2) is 18.2 Å². The summed E-state index contributed by atoms with van der Waals surface area (Å²) in [5, 5.41) is 1.77. The standard InChI is InChI=1S/C31H52N4O5/c1-6-9-11-17-34(18-12-10-7-2)30(37)14-13-19-39-27-15-16-28-26(20-27)21-33(22-31(38)40-23-25(4)5)24-35(28)32-29(36)8-3/h15-16,20,25H,6-14,17-19,21-24H2,1-5H3,(H,32,36). The quantitative estimate of drug-likeness (QED) is 0.182. The molecule has 1 aliphatic rings. The van der Waals surface area contributed by atoms with Crippen LogP contribution >= 0.6 is 0 Å². The van der Waals surface area contributed by atoms with Gasteiger partial charge < -0.3 is 14.4 Å². The summed E-state index contributed by atoms with van der Waals surface area (Å²) in [7, 11) is 0. The normalized spacial score (nSPS) is 13.2. The van der Waals surface area contributed by atoms with Crippen molar-refractivity contribution >= 4 is 23.5 Å². The molecule has 0 fully saturated rings. The van der Waals surface area contributed by atoms with E-state index in [0.717, 1.165) is 62.9 Å². The summed E-state index contributed by atoms with van der Waals surface area (Å²) in [6, 6.07) is 5.78. The van der Waals surface area contributed by atoms with Crippen LogP contribution in [-0.2, 0) is 25.7 Å². The number of rotatable bonds is 19. The Balaban J connectivity index is 1.96. The Kier molecular flexibility index (Phi) is 15.5. The molecule has 0 saturated carbocycles. The average Bonchev–Trinajstić information content (AvgIpc) is 2.93. The van der Waals surface area contributed by atoms with Gasteiger partial charge in [-0.15, -0.1) is 0 Å². The van der Waals surface area contributed by atoms with E-state index in [-0.39, 0.29) is 30.2 Å². The minimum atomic E-state index is -0.283. The first-order valence-corrected chi connectivity index (χ1v) is 15.3. The zero-order valence-electron chi connectivity index (χ0n) is 25.5. The van der Waals surface area contributed by atoms with Gasteiger partial charge in [-0.05, 0) is 48.9 Å². The number of fused-ring (bicyclic) bond motifs is 1. The summed E-state index contributed by atoms with van der Waals surface area (Å²) in [6.07, 6.45) is 8.20. The Bertz CT molecular complexity index is 913. The summed E-state index contributed by atoms with van der Waals surface area (Å²) in [6.45, 7) is 13.7. The van der Waals surface area contributed by atoms with Gasteiger partial charge >= 0.3 is 5.97 Å². The van der Waals surface area contributed by atoms with Crippen molar-refractivity contribution in [2.24, 2.45) is 5.92 Å². The molecule has 1 aliphatic heterocycles. The van der Waals surface area contributed by atoms with E-state index >= 15 is 0 Å². The van der Waals surface area contributed by atoms with E-state index in [1.165, 1.54) is 0 Å². The van der Waals surface area contributed by atoms with Crippen LogP contribution in [0.2, 0.25) is 0 Å². The van der Waals surface area contributed by atoms with Crippen LogP contribution in [0, 0.1) is 5.92 Å². The van der Waals surface area contributed by atoms with Crippen LogP contribution < -0.4 is 15.2 Å². The maximum atomic E-state index is 12.9. The number of benzene rings is 1. The maximum Gasteiger partial charge on any atom is 0.320 e. The fraction of sp³-hybridized carbons (Fsp3) is 0.710. The maximum absolute atomic E-state index is 12.9. The number of nitrogens with zero attached hydrogens (tertiary/aromatic N) is 3. The number of nitrogens with one attached hydrogen (secondary N) is 1. The molecule has 0 atom stereocenters. The SMILES string of the molecule is CCCCCN(CCCCC)C(=O)CCCOc1ccc2c(c1)CN(CC(=O)OCC(C)C)CN2NC(=O)CC. The second-order valence-electron chi connectivity index (χ2n) is 11.1. The van der Waals surface area contributed by atoms with E-state index < -0.39 is 0 Å². The molecule has 40 heavy (non-hydrogen) atoms. The Morgan fingerprint density at radius 1 is 1.00 bits per heavy atom. The second-order valence-corrected chi connectivity index (χ2v) is 11.1. The number of unbranched alkanes of at least 4 members (excludes halogenated alkanes) is 4. The Hall–Kier alpha value is -2.81. The third-order valence-electron chi connectivity index (χ3n) is 6.81. The van der Waals surface area contributed by atoms with Crippen LogP contribution in [0.1, 0.15) is 98.0 Å². The molecule has 0 bridgehead atoms. The number of anilines is 1. The molecule has 1 heterocycles. The van der Waals surface area contributed by atoms with Crippen molar-refractivity contribution in [1.29, 1.82) is 0 Å². The molecule has 0 aromatic heterocycles. The smallest absolute Gasteiger partial charge is 0.320 e. The highest BCUT2D eigenvalue weighted by Crippen LogP contribution is 2.30. The number of amides is 2. The van der Waals surface area contributed by atoms with Crippen molar-refractivity contribution in [1.82, 2.24) is 15.2 Å². The van der Waals surface area contributed by atoms with Gasteiger partial charge in [0.2, 0.25) is 11.8 Å². The number of ether oxygens (including phenoxy) is 2. The number of hydrazine groups is 1. The molecule has 1 aromatic carbocycles. The number of carbonyl (C=O) groups is 3. The molecule has 1 aromatic rings. The molecule has 0 spiro atoms. The zero-order valence-corrected chi connectivity index (χ0v) is 25.5. The largest absolute Gasteiger partial charge is 0.494 e. The van der Waals surface area contributed by atoms with Crippen molar-refractivity contribution in [3.05, 3.63) is 23.8 Å². The fourth-order valence-corrected chi connectivity index (χ4v) is 4.57. The molecule has 9 heteroatoms. The van der Waals surface area contributed by atoms with E-state index in [1.54, 1.807) is 11.9 Å². The summed E-state index contributed by atoms with van der Waals surface area (Å²) < 4.78 is 11.4. The lowest BCUT2D eigenvalue weighted by molar-refractivity contribution is -0.146. The summed E-state index contributed by atoms with van der Waals surface area (Å²) in [5.41, 5.74) is 4.76. The molecule has 0 radical (unpaired) electrons. The van der Waals surface area contributed by atoms with E-state index in [1.807, 2.05) is 41.8 Å². The molecule has 9 nitrogen and oxygen atoms in total. The molecular weight excluding hydrogens is 508 g/mol.